The molecule has 40 heavy (non-hydrogen) atoms. The molecule has 7 nitrogen and oxygen atoms in total. The Kier molecular flexibility index (Phi) is 7.85. The van der Waals surface area contributed by atoms with Crippen LogP contribution in [0, 0.1) is 11.7 Å². The number of aromatic nitrogens is 2. The van der Waals surface area contributed by atoms with Gasteiger partial charge in [-0.2, -0.15) is 9.97 Å². The first-order valence-corrected chi connectivity index (χ1v) is 14.7. The lowest BCUT2D eigenvalue weighted by Gasteiger charge is -2.38. The summed E-state index contributed by atoms with van der Waals surface area (Å²) < 4.78 is 19.3. The van der Waals surface area contributed by atoms with Gasteiger partial charge in [0.1, 0.15) is 17.5 Å². The maximum Gasteiger partial charge on any atom is 0.232 e. The maximum absolute atomic E-state index is 13.7. The van der Waals surface area contributed by atoms with Crippen molar-refractivity contribution in [1.29, 1.82) is 0 Å². The Bertz CT molecular complexity index is 1320. The topological polar surface area (TPSA) is 65.5 Å². The van der Waals surface area contributed by atoms with E-state index >= 15 is 0 Å². The molecule has 2 aromatic carbocycles. The normalized spacial score (nSPS) is 20.2. The Morgan fingerprint density at radius 1 is 1.02 bits per heavy atom. The highest BCUT2D eigenvalue weighted by Gasteiger charge is 2.35. The Morgan fingerprint density at radius 2 is 1.70 bits per heavy atom. The number of halogens is 1. The summed E-state index contributed by atoms with van der Waals surface area (Å²) in [6.45, 7) is 7.89. The summed E-state index contributed by atoms with van der Waals surface area (Å²) in [5, 5.41) is 7.20. The number of hydrogen-bond donors (Lipinski definition) is 2. The van der Waals surface area contributed by atoms with Gasteiger partial charge in [0.05, 0.1) is 0 Å². The van der Waals surface area contributed by atoms with Crippen molar-refractivity contribution in [1.82, 2.24) is 15.3 Å². The fourth-order valence-corrected chi connectivity index (χ4v) is 6.39. The van der Waals surface area contributed by atoms with Gasteiger partial charge < -0.3 is 25.2 Å². The molecule has 1 atom stereocenters. The summed E-state index contributed by atoms with van der Waals surface area (Å²) >= 11 is 5.76. The van der Waals surface area contributed by atoms with Crippen molar-refractivity contribution >= 4 is 34.9 Å². The number of ether oxygens (including phenoxy) is 1. The summed E-state index contributed by atoms with van der Waals surface area (Å²) in [7, 11) is 0. The summed E-state index contributed by atoms with van der Waals surface area (Å²) in [4.78, 5) is 14.5. The quantitative estimate of drug-likeness (QED) is 0.388. The molecule has 0 amide bonds. The minimum Gasteiger partial charge on any atom is -0.381 e. The van der Waals surface area contributed by atoms with E-state index < -0.39 is 0 Å². The molecule has 9 heteroatoms. The zero-order chi connectivity index (χ0) is 27.5. The number of hydrogen-bond acceptors (Lipinski definition) is 6. The molecule has 0 radical (unpaired) electrons. The predicted octanol–water partition coefficient (Wildman–Crippen LogP) is 5.41. The molecule has 3 aliphatic heterocycles. The summed E-state index contributed by atoms with van der Waals surface area (Å²) in [6, 6.07) is 17.5. The van der Waals surface area contributed by atoms with E-state index in [2.05, 4.69) is 57.7 Å². The highest BCUT2D eigenvalue weighted by Crippen LogP contribution is 2.35. The Hall–Kier alpha value is -3.30. The smallest absolute Gasteiger partial charge is 0.232 e. The lowest BCUT2D eigenvalue weighted by atomic mass is 9.74. The molecule has 0 saturated carbocycles. The number of fused-ring (bicyclic) bond motifs is 1. The fraction of sp³-hybridized carbons (Fsp3) is 0.452. The molecule has 1 aromatic heterocycles. The van der Waals surface area contributed by atoms with E-state index in [9.17, 15) is 4.39 Å². The van der Waals surface area contributed by atoms with Crippen LogP contribution in [-0.4, -0.2) is 47.9 Å². The predicted molar refractivity (Wildman–Crippen MR) is 161 cm³/mol. The Morgan fingerprint density at radius 3 is 2.38 bits per heavy atom. The highest BCUT2D eigenvalue weighted by atomic mass is 32.1. The van der Waals surface area contributed by atoms with Crippen molar-refractivity contribution in [3.8, 4) is 0 Å². The standard InChI is InChI=1S/C31H37FN6OS/c1-22-5-4-14-37(18-22)27-17-28(38-19-23-6-2-3-7-24(23)20-38)35-29(34-27)36-30(40)33-21-31(12-15-39-16-13-31)25-8-10-26(32)11-9-25/h2-3,6-11,17,22H,4-5,12-16,18-21H2,1H3,(H2,33,34,35,36,40)/t22-/m0/s1. The summed E-state index contributed by atoms with van der Waals surface area (Å²) in [5.74, 6) is 2.74. The van der Waals surface area contributed by atoms with E-state index in [0.29, 0.717) is 36.7 Å². The van der Waals surface area contributed by atoms with Gasteiger partial charge in [-0.25, -0.2) is 4.39 Å². The molecule has 2 N–H and O–H groups in total. The van der Waals surface area contributed by atoms with Crippen molar-refractivity contribution in [2.75, 3.05) is 48.0 Å². The minimum atomic E-state index is -0.229. The average molecular weight is 561 g/mol. The van der Waals surface area contributed by atoms with Crippen LogP contribution in [0.1, 0.15) is 49.3 Å². The van der Waals surface area contributed by atoms with Crippen LogP contribution >= 0.6 is 12.2 Å². The molecule has 0 spiro atoms. The monoisotopic (exact) mass is 560 g/mol. The van der Waals surface area contributed by atoms with Crippen LogP contribution in [0.3, 0.4) is 0 Å². The highest BCUT2D eigenvalue weighted by molar-refractivity contribution is 7.80. The number of rotatable bonds is 6. The van der Waals surface area contributed by atoms with Gasteiger partial charge in [0.15, 0.2) is 5.11 Å². The average Bonchev–Trinajstić information content (AvgIpc) is 3.42. The molecule has 3 aromatic rings. The van der Waals surface area contributed by atoms with Crippen LogP contribution < -0.4 is 20.4 Å². The second-order valence-corrected chi connectivity index (χ2v) is 11.8. The van der Waals surface area contributed by atoms with Crippen LogP contribution in [0.2, 0.25) is 0 Å². The van der Waals surface area contributed by atoms with Crippen LogP contribution in [-0.2, 0) is 23.2 Å². The van der Waals surface area contributed by atoms with E-state index in [4.69, 9.17) is 26.9 Å². The largest absolute Gasteiger partial charge is 0.381 e. The van der Waals surface area contributed by atoms with Gasteiger partial charge in [0.25, 0.3) is 0 Å². The van der Waals surface area contributed by atoms with Gasteiger partial charge in [-0.3, -0.25) is 0 Å². The van der Waals surface area contributed by atoms with E-state index in [-0.39, 0.29) is 11.2 Å². The third-order valence-electron chi connectivity index (χ3n) is 8.56. The fourth-order valence-electron chi connectivity index (χ4n) is 6.22. The molecular weight excluding hydrogens is 523 g/mol. The van der Waals surface area contributed by atoms with Gasteiger partial charge >= 0.3 is 0 Å². The zero-order valence-corrected chi connectivity index (χ0v) is 23.9. The third-order valence-corrected chi connectivity index (χ3v) is 8.81. The van der Waals surface area contributed by atoms with Crippen LogP contribution in [0.25, 0.3) is 0 Å². The van der Waals surface area contributed by atoms with E-state index in [1.54, 1.807) is 0 Å². The molecule has 0 bridgehead atoms. The van der Waals surface area contributed by atoms with E-state index in [1.165, 1.54) is 29.7 Å². The first kappa shape index (κ1) is 26.9. The van der Waals surface area contributed by atoms with Gasteiger partial charge in [-0.1, -0.05) is 43.3 Å². The van der Waals surface area contributed by atoms with Crippen LogP contribution in [0.15, 0.2) is 54.6 Å². The third kappa shape index (κ3) is 5.90. The van der Waals surface area contributed by atoms with Crippen molar-refractivity contribution in [3.63, 3.8) is 0 Å². The molecule has 0 unspecified atom stereocenters. The SMILES string of the molecule is C[C@H]1CCCN(c2cc(N3Cc4ccccc4C3)nc(NC(=S)NCC3(c4ccc(F)cc4)CCOCC3)n2)C1. The second-order valence-electron chi connectivity index (χ2n) is 11.4. The lowest BCUT2D eigenvalue weighted by Crippen LogP contribution is -2.45. The van der Waals surface area contributed by atoms with Gasteiger partial charge in [0, 0.05) is 57.4 Å². The van der Waals surface area contributed by atoms with Crippen molar-refractivity contribution in [2.24, 2.45) is 5.92 Å². The van der Waals surface area contributed by atoms with Crippen LogP contribution in [0.4, 0.5) is 22.0 Å². The molecule has 2 fully saturated rings. The first-order chi connectivity index (χ1) is 19.5. The molecule has 6 rings (SSSR count). The lowest BCUT2D eigenvalue weighted by molar-refractivity contribution is 0.0515. The molecular formula is C31H37FN6OS. The van der Waals surface area contributed by atoms with Crippen molar-refractivity contribution < 1.29 is 9.13 Å². The summed E-state index contributed by atoms with van der Waals surface area (Å²) in [5.41, 5.74) is 3.59. The number of nitrogens with one attached hydrogen (secondary N) is 2. The van der Waals surface area contributed by atoms with Gasteiger partial charge in [-0.15, -0.1) is 0 Å². The molecule has 210 valence electrons. The first-order valence-electron chi connectivity index (χ1n) is 14.3. The molecule has 3 aliphatic rings. The molecule has 4 heterocycles. The van der Waals surface area contributed by atoms with Crippen molar-refractivity contribution in [2.45, 2.75) is 51.1 Å². The summed E-state index contributed by atoms with van der Waals surface area (Å²) in [6.07, 6.45) is 4.09. The number of nitrogens with zero attached hydrogens (tertiary/aromatic N) is 4. The van der Waals surface area contributed by atoms with E-state index in [0.717, 1.165) is 62.6 Å². The number of thiocarbonyl (C=S) groups is 1. The van der Waals surface area contributed by atoms with E-state index in [1.807, 2.05) is 12.1 Å². The maximum atomic E-state index is 13.7. The Balaban J connectivity index is 1.21. The Labute approximate surface area is 241 Å². The minimum absolute atomic E-state index is 0.184. The second kappa shape index (κ2) is 11.7. The van der Waals surface area contributed by atoms with Crippen LogP contribution in [0.5, 0.6) is 0 Å². The number of anilines is 3. The number of piperidine rings is 1. The van der Waals surface area contributed by atoms with Crippen molar-refractivity contribution in [3.05, 3.63) is 77.1 Å². The number of benzene rings is 2. The van der Waals surface area contributed by atoms with Gasteiger partial charge in [0.2, 0.25) is 5.95 Å². The van der Waals surface area contributed by atoms with Gasteiger partial charge in [-0.05, 0) is 72.6 Å². The molecule has 2 saturated heterocycles. The zero-order valence-electron chi connectivity index (χ0n) is 23.0. The molecule has 0 aliphatic carbocycles.